The quantitative estimate of drug-likeness (QED) is 0.436. The smallest absolute Gasteiger partial charge is 0.0745 e. The molecule has 10 heavy (non-hydrogen) atoms. The molecule has 0 amide bonds. The van der Waals surface area contributed by atoms with Gasteiger partial charge in [-0.25, -0.2) is 0 Å². The van der Waals surface area contributed by atoms with Crippen LogP contribution in [0, 0.1) is 0 Å². The van der Waals surface area contributed by atoms with Crippen LogP contribution in [0.3, 0.4) is 0 Å². The summed E-state index contributed by atoms with van der Waals surface area (Å²) < 4.78 is 0. The molecule has 0 atom stereocenters. The molecule has 0 radical (unpaired) electrons. The first-order valence-electron chi connectivity index (χ1n) is 3.90. The molecule has 0 saturated carbocycles. The molecule has 0 aliphatic rings. The summed E-state index contributed by atoms with van der Waals surface area (Å²) in [5.41, 5.74) is 2.59. The van der Waals surface area contributed by atoms with Crippen LogP contribution in [0.25, 0.3) is 0 Å². The van der Waals surface area contributed by atoms with Crippen LogP contribution in [0.1, 0.15) is 32.6 Å². The maximum absolute atomic E-state index is 4.96. The average Bonchev–Trinajstić information content (AvgIpc) is 1.97. The molecule has 0 bridgehead atoms. The molecule has 2 heteroatoms. The largest absolute Gasteiger partial charge is 0.277 e. The molecule has 1 N–H and O–H groups in total. The molecule has 0 aromatic carbocycles. The number of nitrogens with one attached hydrogen (secondary N) is 1. The van der Waals surface area contributed by atoms with Gasteiger partial charge in [-0.3, -0.25) is 10.3 Å². The van der Waals surface area contributed by atoms with Gasteiger partial charge in [0.1, 0.15) is 0 Å². The highest BCUT2D eigenvalue weighted by Crippen LogP contribution is 1.97. The van der Waals surface area contributed by atoms with E-state index in [9.17, 15) is 0 Å². The van der Waals surface area contributed by atoms with Crippen LogP contribution >= 0.6 is 0 Å². The van der Waals surface area contributed by atoms with Gasteiger partial charge in [0.05, 0.1) is 6.61 Å². The Balaban J connectivity index is 2.70. The van der Waals surface area contributed by atoms with Crippen LogP contribution in [0.2, 0.25) is 0 Å². The molecule has 2 nitrogen and oxygen atoms in total. The number of hydroxylamine groups is 1. The fourth-order valence-corrected chi connectivity index (χ4v) is 0.719. The molecule has 0 fully saturated rings. The van der Waals surface area contributed by atoms with E-state index in [0.29, 0.717) is 0 Å². The monoisotopic (exact) mass is 143 g/mol. The highest BCUT2D eigenvalue weighted by molar-refractivity contribution is 4.53. The van der Waals surface area contributed by atoms with Crippen LogP contribution in [0.15, 0.2) is 12.8 Å². The minimum Gasteiger partial charge on any atom is -0.277 e. The zero-order valence-corrected chi connectivity index (χ0v) is 6.73. The molecule has 0 aromatic rings. The van der Waals surface area contributed by atoms with E-state index in [1.54, 1.807) is 6.20 Å². The van der Waals surface area contributed by atoms with Crippen LogP contribution in [-0.2, 0) is 4.84 Å². The van der Waals surface area contributed by atoms with E-state index in [0.717, 1.165) is 13.0 Å². The predicted octanol–water partition coefficient (Wildman–Crippen LogP) is 2.23. The van der Waals surface area contributed by atoms with Crippen molar-refractivity contribution in [2.24, 2.45) is 0 Å². The summed E-state index contributed by atoms with van der Waals surface area (Å²) in [5.74, 6) is 0. The Morgan fingerprint density at radius 1 is 1.40 bits per heavy atom. The minimum atomic E-state index is 0.784. The first kappa shape index (κ1) is 9.50. The zero-order chi connectivity index (χ0) is 7.66. The van der Waals surface area contributed by atoms with Crippen molar-refractivity contribution in [3.63, 3.8) is 0 Å². The highest BCUT2D eigenvalue weighted by atomic mass is 16.6. The Bertz CT molecular complexity index is 73.7. The molecule has 0 aliphatic heterocycles. The van der Waals surface area contributed by atoms with Crippen molar-refractivity contribution in [1.29, 1.82) is 0 Å². The number of hydrogen-bond donors (Lipinski definition) is 1. The lowest BCUT2D eigenvalue weighted by atomic mass is 10.2. The number of hydrogen-bond acceptors (Lipinski definition) is 2. The Hall–Kier alpha value is -0.500. The summed E-state index contributed by atoms with van der Waals surface area (Å²) in [6.07, 6.45) is 6.51. The number of unbranched alkanes of at least 4 members (excludes halogenated alkanes) is 3. The standard InChI is InChI=1S/C8H17NO/c1-3-5-6-7-8-10-9-4-2/h4,9H,2-3,5-8H2,1H3. The lowest BCUT2D eigenvalue weighted by Crippen LogP contribution is -2.06. The van der Waals surface area contributed by atoms with Crippen LogP contribution < -0.4 is 5.48 Å². The predicted molar refractivity (Wildman–Crippen MR) is 43.4 cm³/mol. The van der Waals surface area contributed by atoms with Gasteiger partial charge in [0.2, 0.25) is 0 Å². The second-order valence-electron chi connectivity index (χ2n) is 2.23. The summed E-state index contributed by atoms with van der Waals surface area (Å²) in [6.45, 7) is 6.44. The van der Waals surface area contributed by atoms with Crippen LogP contribution in [0.4, 0.5) is 0 Å². The number of rotatable bonds is 7. The van der Waals surface area contributed by atoms with Gasteiger partial charge in [0.25, 0.3) is 0 Å². The normalized spacial score (nSPS) is 9.30. The summed E-state index contributed by atoms with van der Waals surface area (Å²) in [5, 5.41) is 0. The van der Waals surface area contributed by atoms with E-state index in [2.05, 4.69) is 19.0 Å². The van der Waals surface area contributed by atoms with Gasteiger partial charge < -0.3 is 0 Å². The molecule has 0 aromatic heterocycles. The lowest BCUT2D eigenvalue weighted by molar-refractivity contribution is 0.0684. The molecule has 0 unspecified atom stereocenters. The van der Waals surface area contributed by atoms with Gasteiger partial charge in [-0.1, -0.05) is 32.8 Å². The van der Waals surface area contributed by atoms with Crippen molar-refractivity contribution in [2.75, 3.05) is 6.61 Å². The van der Waals surface area contributed by atoms with E-state index in [1.807, 2.05) is 0 Å². The van der Waals surface area contributed by atoms with Gasteiger partial charge in [-0.2, -0.15) is 0 Å². The van der Waals surface area contributed by atoms with Gasteiger partial charge >= 0.3 is 0 Å². The van der Waals surface area contributed by atoms with Crippen LogP contribution in [-0.4, -0.2) is 6.61 Å². The summed E-state index contributed by atoms with van der Waals surface area (Å²) >= 11 is 0. The molecule has 0 heterocycles. The van der Waals surface area contributed by atoms with Gasteiger partial charge in [0.15, 0.2) is 0 Å². The van der Waals surface area contributed by atoms with E-state index in [1.165, 1.54) is 19.3 Å². The summed E-state index contributed by atoms with van der Waals surface area (Å²) in [6, 6.07) is 0. The molecule has 0 spiro atoms. The maximum atomic E-state index is 4.96. The van der Waals surface area contributed by atoms with E-state index < -0.39 is 0 Å². The first-order chi connectivity index (χ1) is 4.91. The SMILES string of the molecule is C=CNOCCCCCC. The summed E-state index contributed by atoms with van der Waals surface area (Å²) in [7, 11) is 0. The van der Waals surface area contributed by atoms with Gasteiger partial charge in [-0.15, -0.1) is 0 Å². The second kappa shape index (κ2) is 8.50. The average molecular weight is 143 g/mol. The summed E-state index contributed by atoms with van der Waals surface area (Å²) in [4.78, 5) is 4.96. The van der Waals surface area contributed by atoms with E-state index in [4.69, 9.17) is 4.84 Å². The second-order valence-corrected chi connectivity index (χ2v) is 2.23. The van der Waals surface area contributed by atoms with Crippen molar-refractivity contribution in [1.82, 2.24) is 5.48 Å². The third-order valence-corrected chi connectivity index (χ3v) is 1.27. The minimum absolute atomic E-state index is 0.784. The van der Waals surface area contributed by atoms with Crippen molar-refractivity contribution in [3.05, 3.63) is 12.8 Å². The topological polar surface area (TPSA) is 21.3 Å². The fraction of sp³-hybridized carbons (Fsp3) is 0.750. The molecule has 0 aliphatic carbocycles. The van der Waals surface area contributed by atoms with Gasteiger partial charge in [0, 0.05) is 6.20 Å². The van der Waals surface area contributed by atoms with Crippen molar-refractivity contribution >= 4 is 0 Å². The van der Waals surface area contributed by atoms with Crippen LogP contribution in [0.5, 0.6) is 0 Å². The molecule has 60 valence electrons. The maximum Gasteiger partial charge on any atom is 0.0745 e. The Morgan fingerprint density at radius 2 is 2.20 bits per heavy atom. The molecular formula is C8H17NO. The third-order valence-electron chi connectivity index (χ3n) is 1.27. The van der Waals surface area contributed by atoms with E-state index >= 15 is 0 Å². The highest BCUT2D eigenvalue weighted by Gasteiger charge is 1.85. The third kappa shape index (κ3) is 7.50. The zero-order valence-electron chi connectivity index (χ0n) is 6.73. The first-order valence-corrected chi connectivity index (χ1v) is 3.90. The molecule has 0 rings (SSSR count). The lowest BCUT2D eigenvalue weighted by Gasteiger charge is -2.00. The van der Waals surface area contributed by atoms with Crippen molar-refractivity contribution < 1.29 is 4.84 Å². The van der Waals surface area contributed by atoms with Crippen molar-refractivity contribution in [3.8, 4) is 0 Å². The Kier molecular flexibility index (Phi) is 8.07. The van der Waals surface area contributed by atoms with Crippen molar-refractivity contribution in [2.45, 2.75) is 32.6 Å². The Morgan fingerprint density at radius 3 is 2.80 bits per heavy atom. The Labute approximate surface area is 63.2 Å². The van der Waals surface area contributed by atoms with E-state index in [-0.39, 0.29) is 0 Å². The molecular weight excluding hydrogens is 126 g/mol. The molecule has 0 saturated heterocycles. The fourth-order valence-electron chi connectivity index (χ4n) is 0.719. The van der Waals surface area contributed by atoms with Gasteiger partial charge in [-0.05, 0) is 6.42 Å².